The van der Waals surface area contributed by atoms with E-state index in [2.05, 4.69) is 4.72 Å². The van der Waals surface area contributed by atoms with E-state index in [-0.39, 0.29) is 30.7 Å². The smallest absolute Gasteiger partial charge is 0.261 e. The van der Waals surface area contributed by atoms with E-state index in [9.17, 15) is 8.42 Å². The van der Waals surface area contributed by atoms with E-state index in [1.54, 1.807) is 12.1 Å². The molecule has 2 aromatic carbocycles. The second-order valence-electron chi connectivity index (χ2n) is 4.27. The standard InChI is InChI=1S/C13H9Cl4NO2S/c1-7-2-4-8(5-3-7)21(19,20)18-10-6-9(14)11(15)13(17)12(10)16/h2-6,18H,1H3. The van der Waals surface area contributed by atoms with Gasteiger partial charge in [0.15, 0.2) is 0 Å². The minimum atomic E-state index is -3.79. The topological polar surface area (TPSA) is 46.2 Å². The van der Waals surface area contributed by atoms with Crippen LogP contribution in [0.15, 0.2) is 35.2 Å². The second kappa shape index (κ2) is 6.23. The normalized spacial score (nSPS) is 11.5. The Morgan fingerprint density at radius 2 is 1.48 bits per heavy atom. The molecule has 0 unspecified atom stereocenters. The molecule has 0 spiro atoms. The molecular weight excluding hydrogens is 376 g/mol. The highest BCUT2D eigenvalue weighted by Crippen LogP contribution is 2.41. The molecule has 8 heteroatoms. The molecule has 0 atom stereocenters. The molecule has 0 fully saturated rings. The summed E-state index contributed by atoms with van der Waals surface area (Å²) in [5.41, 5.74) is 1.02. The molecule has 21 heavy (non-hydrogen) atoms. The summed E-state index contributed by atoms with van der Waals surface area (Å²) in [6, 6.07) is 7.68. The van der Waals surface area contributed by atoms with E-state index >= 15 is 0 Å². The van der Waals surface area contributed by atoms with Crippen LogP contribution in [-0.4, -0.2) is 8.42 Å². The second-order valence-corrected chi connectivity index (χ2v) is 7.49. The maximum absolute atomic E-state index is 12.3. The van der Waals surface area contributed by atoms with Gasteiger partial charge in [-0.1, -0.05) is 64.1 Å². The van der Waals surface area contributed by atoms with E-state index in [1.807, 2.05) is 6.92 Å². The van der Waals surface area contributed by atoms with Crippen LogP contribution >= 0.6 is 46.4 Å². The Hall–Kier alpha value is -0.650. The van der Waals surface area contributed by atoms with Gasteiger partial charge in [-0.25, -0.2) is 8.42 Å². The Bertz CT molecular complexity index is 789. The Balaban J connectivity index is 2.44. The lowest BCUT2D eigenvalue weighted by molar-refractivity contribution is 0.601. The zero-order chi connectivity index (χ0) is 15.8. The lowest BCUT2D eigenvalue weighted by Gasteiger charge is -2.12. The zero-order valence-corrected chi connectivity index (χ0v) is 14.5. The summed E-state index contributed by atoms with van der Waals surface area (Å²) in [5, 5.41) is 0.156. The van der Waals surface area contributed by atoms with Gasteiger partial charge in [0.05, 0.1) is 30.7 Å². The van der Waals surface area contributed by atoms with Crippen LogP contribution < -0.4 is 4.72 Å². The summed E-state index contributed by atoms with van der Waals surface area (Å²) in [5.74, 6) is 0. The Morgan fingerprint density at radius 1 is 0.905 bits per heavy atom. The molecule has 2 aromatic rings. The van der Waals surface area contributed by atoms with Crippen molar-refractivity contribution >= 4 is 62.1 Å². The summed E-state index contributed by atoms with van der Waals surface area (Å²) in [6.45, 7) is 1.86. The first kappa shape index (κ1) is 16.7. The fourth-order valence-electron chi connectivity index (χ4n) is 1.57. The van der Waals surface area contributed by atoms with Crippen LogP contribution in [0, 0.1) is 6.92 Å². The van der Waals surface area contributed by atoms with Crippen molar-refractivity contribution in [2.75, 3.05) is 4.72 Å². The predicted octanol–water partition coefficient (Wildman–Crippen LogP) is 5.41. The maximum Gasteiger partial charge on any atom is 0.261 e. The van der Waals surface area contributed by atoms with Gasteiger partial charge in [0.25, 0.3) is 10.0 Å². The molecule has 0 heterocycles. The molecule has 112 valence electrons. The number of rotatable bonds is 3. The molecule has 1 N–H and O–H groups in total. The quantitative estimate of drug-likeness (QED) is 0.568. The van der Waals surface area contributed by atoms with Gasteiger partial charge in [-0.2, -0.15) is 0 Å². The molecule has 0 aliphatic heterocycles. The minimum absolute atomic E-state index is 0.00700. The third kappa shape index (κ3) is 3.58. The number of benzene rings is 2. The summed E-state index contributed by atoms with van der Waals surface area (Å²) in [4.78, 5) is 0.103. The first-order valence-electron chi connectivity index (χ1n) is 5.65. The van der Waals surface area contributed by atoms with Crippen molar-refractivity contribution in [3.63, 3.8) is 0 Å². The van der Waals surface area contributed by atoms with Gasteiger partial charge >= 0.3 is 0 Å². The Morgan fingerprint density at radius 3 is 2.05 bits per heavy atom. The molecule has 0 saturated carbocycles. The minimum Gasteiger partial charge on any atom is -0.278 e. The number of anilines is 1. The summed E-state index contributed by atoms with van der Waals surface area (Å²) in [7, 11) is -3.79. The Kier molecular flexibility index (Phi) is 4.96. The van der Waals surface area contributed by atoms with E-state index in [0.717, 1.165) is 5.56 Å². The number of hydrogen-bond acceptors (Lipinski definition) is 2. The number of nitrogens with one attached hydrogen (secondary N) is 1. The fourth-order valence-corrected chi connectivity index (χ4v) is 3.54. The van der Waals surface area contributed by atoms with Crippen LogP contribution in [0.5, 0.6) is 0 Å². The van der Waals surface area contributed by atoms with Gasteiger partial charge in [-0.3, -0.25) is 4.72 Å². The summed E-state index contributed by atoms with van der Waals surface area (Å²) in [6.07, 6.45) is 0. The van der Waals surface area contributed by atoms with Gasteiger partial charge in [-0.15, -0.1) is 0 Å². The van der Waals surface area contributed by atoms with E-state index in [1.165, 1.54) is 18.2 Å². The predicted molar refractivity (Wildman–Crippen MR) is 88.5 cm³/mol. The molecule has 2 rings (SSSR count). The lowest BCUT2D eigenvalue weighted by Crippen LogP contribution is -2.13. The fraction of sp³-hybridized carbons (Fsp3) is 0.0769. The van der Waals surface area contributed by atoms with E-state index in [0.29, 0.717) is 0 Å². The van der Waals surface area contributed by atoms with Gasteiger partial charge in [0.1, 0.15) is 0 Å². The van der Waals surface area contributed by atoms with Crippen molar-refractivity contribution in [3.8, 4) is 0 Å². The molecule has 0 bridgehead atoms. The number of sulfonamides is 1. The average Bonchev–Trinajstić information content (AvgIpc) is 2.42. The van der Waals surface area contributed by atoms with Crippen LogP contribution in [0.25, 0.3) is 0 Å². The van der Waals surface area contributed by atoms with Gasteiger partial charge in [0.2, 0.25) is 0 Å². The molecule has 0 radical (unpaired) electrons. The van der Waals surface area contributed by atoms with Gasteiger partial charge in [0, 0.05) is 0 Å². The summed E-state index contributed by atoms with van der Waals surface area (Å²) < 4.78 is 26.9. The number of halogens is 4. The molecule has 0 saturated heterocycles. The average molecular weight is 385 g/mol. The Labute approximate surface area is 142 Å². The highest BCUT2D eigenvalue weighted by atomic mass is 35.5. The maximum atomic E-state index is 12.3. The molecule has 0 aliphatic carbocycles. The SMILES string of the molecule is Cc1ccc(S(=O)(=O)Nc2cc(Cl)c(Cl)c(Cl)c2Cl)cc1. The van der Waals surface area contributed by atoms with E-state index < -0.39 is 10.0 Å². The lowest BCUT2D eigenvalue weighted by atomic mass is 10.2. The monoisotopic (exact) mass is 383 g/mol. The molecule has 0 aromatic heterocycles. The van der Waals surface area contributed by atoms with Crippen LogP contribution in [0.4, 0.5) is 5.69 Å². The summed E-state index contributed by atoms with van der Waals surface area (Å²) >= 11 is 23.6. The molecular formula is C13H9Cl4NO2S. The van der Waals surface area contributed by atoms with Crippen LogP contribution in [0.1, 0.15) is 5.56 Å². The third-order valence-electron chi connectivity index (χ3n) is 2.68. The van der Waals surface area contributed by atoms with Crippen LogP contribution in [0.2, 0.25) is 20.1 Å². The van der Waals surface area contributed by atoms with Crippen molar-refractivity contribution in [1.82, 2.24) is 0 Å². The van der Waals surface area contributed by atoms with Crippen molar-refractivity contribution in [1.29, 1.82) is 0 Å². The van der Waals surface area contributed by atoms with Crippen molar-refractivity contribution in [3.05, 3.63) is 56.0 Å². The van der Waals surface area contributed by atoms with Crippen LogP contribution in [-0.2, 0) is 10.0 Å². The first-order chi connectivity index (χ1) is 9.72. The van der Waals surface area contributed by atoms with Crippen LogP contribution in [0.3, 0.4) is 0 Å². The first-order valence-corrected chi connectivity index (χ1v) is 8.64. The molecule has 3 nitrogen and oxygen atoms in total. The number of hydrogen-bond donors (Lipinski definition) is 1. The van der Waals surface area contributed by atoms with Crippen molar-refractivity contribution < 1.29 is 8.42 Å². The zero-order valence-electron chi connectivity index (χ0n) is 10.6. The third-order valence-corrected chi connectivity index (χ3v) is 5.81. The van der Waals surface area contributed by atoms with E-state index in [4.69, 9.17) is 46.4 Å². The number of aryl methyl sites for hydroxylation is 1. The molecule has 0 aliphatic rings. The highest BCUT2D eigenvalue weighted by molar-refractivity contribution is 7.92. The van der Waals surface area contributed by atoms with Crippen molar-refractivity contribution in [2.45, 2.75) is 11.8 Å². The largest absolute Gasteiger partial charge is 0.278 e. The highest BCUT2D eigenvalue weighted by Gasteiger charge is 2.19. The van der Waals surface area contributed by atoms with Gasteiger partial charge < -0.3 is 0 Å². The van der Waals surface area contributed by atoms with Gasteiger partial charge in [-0.05, 0) is 25.1 Å². The van der Waals surface area contributed by atoms with Crippen molar-refractivity contribution in [2.24, 2.45) is 0 Å². The molecule has 0 amide bonds.